The first-order valence-corrected chi connectivity index (χ1v) is 6.72. The number of aromatic nitrogens is 2. The summed E-state index contributed by atoms with van der Waals surface area (Å²) in [6.45, 7) is 13.3. The average molecular weight is 250 g/mol. The predicted molar refractivity (Wildman–Crippen MR) is 76.5 cm³/mol. The van der Waals surface area contributed by atoms with E-state index in [1.54, 1.807) is 0 Å². The highest BCUT2D eigenvalue weighted by Gasteiger charge is 2.14. The second-order valence-corrected chi connectivity index (χ2v) is 5.70. The molecule has 0 aliphatic rings. The summed E-state index contributed by atoms with van der Waals surface area (Å²) in [6, 6.07) is 1.95. The van der Waals surface area contributed by atoms with Gasteiger partial charge in [0.25, 0.3) is 0 Å². The monoisotopic (exact) mass is 250 g/mol. The van der Waals surface area contributed by atoms with Crippen molar-refractivity contribution in [2.24, 2.45) is 17.6 Å². The van der Waals surface area contributed by atoms with Gasteiger partial charge in [0.1, 0.15) is 0 Å². The highest BCUT2D eigenvalue weighted by Crippen LogP contribution is 2.14. The number of anilines is 1. The van der Waals surface area contributed by atoms with Crippen LogP contribution in [0.15, 0.2) is 6.07 Å². The number of nitrogens with zero attached hydrogens (tertiary/aromatic N) is 3. The predicted octanol–water partition coefficient (Wildman–Crippen LogP) is 2.36. The molecule has 1 rings (SSSR count). The van der Waals surface area contributed by atoms with Gasteiger partial charge in [-0.3, -0.25) is 0 Å². The van der Waals surface area contributed by atoms with Crippen LogP contribution in [0.1, 0.15) is 39.1 Å². The van der Waals surface area contributed by atoms with E-state index >= 15 is 0 Å². The van der Waals surface area contributed by atoms with Gasteiger partial charge in [0.2, 0.25) is 5.95 Å². The minimum Gasteiger partial charge on any atom is -0.340 e. The molecule has 2 N–H and O–H groups in total. The van der Waals surface area contributed by atoms with Gasteiger partial charge in [-0.1, -0.05) is 27.7 Å². The number of hydrogen-bond donors (Lipinski definition) is 1. The fourth-order valence-corrected chi connectivity index (χ4v) is 1.98. The van der Waals surface area contributed by atoms with E-state index in [0.29, 0.717) is 18.4 Å². The lowest BCUT2D eigenvalue weighted by molar-refractivity contribution is 0.543. The molecule has 1 heterocycles. The molecule has 4 heteroatoms. The molecular weight excluding hydrogens is 224 g/mol. The SMILES string of the molecule is Cc1cc(CN)nc(N(CC(C)C)CC(C)C)n1. The molecule has 0 saturated heterocycles. The van der Waals surface area contributed by atoms with Crippen molar-refractivity contribution < 1.29 is 0 Å². The third-order valence-corrected chi connectivity index (χ3v) is 2.56. The molecule has 0 amide bonds. The molecule has 0 bridgehead atoms. The van der Waals surface area contributed by atoms with Crippen LogP contribution in [0.25, 0.3) is 0 Å². The zero-order valence-corrected chi connectivity index (χ0v) is 12.3. The molecule has 102 valence electrons. The van der Waals surface area contributed by atoms with Crippen molar-refractivity contribution in [1.82, 2.24) is 9.97 Å². The third kappa shape index (κ3) is 4.61. The van der Waals surface area contributed by atoms with Crippen LogP contribution in [0.4, 0.5) is 5.95 Å². The van der Waals surface area contributed by atoms with Gasteiger partial charge >= 0.3 is 0 Å². The van der Waals surface area contributed by atoms with E-state index in [4.69, 9.17) is 5.73 Å². The first kappa shape index (κ1) is 14.9. The first-order valence-electron chi connectivity index (χ1n) is 6.72. The van der Waals surface area contributed by atoms with Crippen molar-refractivity contribution in [2.45, 2.75) is 41.2 Å². The second kappa shape index (κ2) is 6.69. The average Bonchev–Trinajstić information content (AvgIpc) is 2.26. The summed E-state index contributed by atoms with van der Waals surface area (Å²) in [5.41, 5.74) is 7.58. The Morgan fingerprint density at radius 2 is 1.67 bits per heavy atom. The molecule has 0 saturated carbocycles. The normalized spacial score (nSPS) is 11.3. The maximum absolute atomic E-state index is 5.68. The van der Waals surface area contributed by atoms with E-state index in [2.05, 4.69) is 42.6 Å². The Morgan fingerprint density at radius 3 is 2.11 bits per heavy atom. The van der Waals surface area contributed by atoms with Gasteiger partial charge in [-0.2, -0.15) is 0 Å². The lowest BCUT2D eigenvalue weighted by Gasteiger charge is -2.26. The summed E-state index contributed by atoms with van der Waals surface area (Å²) < 4.78 is 0. The quantitative estimate of drug-likeness (QED) is 0.842. The number of nitrogens with two attached hydrogens (primary N) is 1. The van der Waals surface area contributed by atoms with Crippen molar-refractivity contribution in [2.75, 3.05) is 18.0 Å². The Morgan fingerprint density at radius 1 is 1.11 bits per heavy atom. The Balaban J connectivity index is 2.99. The lowest BCUT2D eigenvalue weighted by atomic mass is 10.1. The maximum atomic E-state index is 5.68. The summed E-state index contributed by atoms with van der Waals surface area (Å²) in [4.78, 5) is 11.4. The summed E-state index contributed by atoms with van der Waals surface area (Å²) in [5, 5.41) is 0. The van der Waals surface area contributed by atoms with Crippen LogP contribution >= 0.6 is 0 Å². The molecule has 0 spiro atoms. The van der Waals surface area contributed by atoms with Gasteiger partial charge in [-0.05, 0) is 24.8 Å². The van der Waals surface area contributed by atoms with Gasteiger partial charge in [0, 0.05) is 25.3 Å². The van der Waals surface area contributed by atoms with Crippen LogP contribution in [0.3, 0.4) is 0 Å². The Kier molecular flexibility index (Phi) is 5.54. The van der Waals surface area contributed by atoms with E-state index in [0.717, 1.165) is 30.4 Å². The second-order valence-electron chi connectivity index (χ2n) is 5.70. The van der Waals surface area contributed by atoms with E-state index in [1.807, 2.05) is 13.0 Å². The fourth-order valence-electron chi connectivity index (χ4n) is 1.98. The molecule has 1 aromatic heterocycles. The van der Waals surface area contributed by atoms with Crippen molar-refractivity contribution in [3.63, 3.8) is 0 Å². The molecule has 0 unspecified atom stereocenters. The molecule has 0 aromatic carbocycles. The van der Waals surface area contributed by atoms with Crippen LogP contribution in [-0.2, 0) is 6.54 Å². The van der Waals surface area contributed by atoms with Gasteiger partial charge in [-0.15, -0.1) is 0 Å². The lowest BCUT2D eigenvalue weighted by Crippen LogP contribution is -2.33. The maximum Gasteiger partial charge on any atom is 0.225 e. The van der Waals surface area contributed by atoms with E-state index < -0.39 is 0 Å². The van der Waals surface area contributed by atoms with E-state index in [-0.39, 0.29) is 0 Å². The van der Waals surface area contributed by atoms with Gasteiger partial charge in [0.05, 0.1) is 5.69 Å². The summed E-state index contributed by atoms with van der Waals surface area (Å²) in [6.07, 6.45) is 0. The highest BCUT2D eigenvalue weighted by atomic mass is 15.3. The molecule has 18 heavy (non-hydrogen) atoms. The van der Waals surface area contributed by atoms with Gasteiger partial charge < -0.3 is 10.6 Å². The fraction of sp³-hybridized carbons (Fsp3) is 0.714. The first-order chi connectivity index (χ1) is 8.42. The number of hydrogen-bond acceptors (Lipinski definition) is 4. The summed E-state index contributed by atoms with van der Waals surface area (Å²) in [5.74, 6) is 2.00. The van der Waals surface area contributed by atoms with Crippen LogP contribution in [-0.4, -0.2) is 23.1 Å². The van der Waals surface area contributed by atoms with Gasteiger partial charge in [0.15, 0.2) is 0 Å². The van der Waals surface area contributed by atoms with Crippen molar-refractivity contribution in [3.8, 4) is 0 Å². The zero-order chi connectivity index (χ0) is 13.7. The molecule has 0 aliphatic carbocycles. The molecular formula is C14H26N4. The molecule has 1 aromatic rings. The topological polar surface area (TPSA) is 55.0 Å². The van der Waals surface area contributed by atoms with Crippen molar-refractivity contribution in [3.05, 3.63) is 17.5 Å². The van der Waals surface area contributed by atoms with Crippen LogP contribution < -0.4 is 10.6 Å². The summed E-state index contributed by atoms with van der Waals surface area (Å²) in [7, 11) is 0. The largest absolute Gasteiger partial charge is 0.340 e. The van der Waals surface area contributed by atoms with Gasteiger partial charge in [-0.25, -0.2) is 9.97 Å². The molecule has 0 fully saturated rings. The zero-order valence-electron chi connectivity index (χ0n) is 12.3. The Labute approximate surface area is 111 Å². The standard InChI is InChI=1S/C14H26N4/c1-10(2)8-18(9-11(3)4)14-16-12(5)6-13(7-15)17-14/h6,10-11H,7-9,15H2,1-5H3. The molecule has 0 aliphatic heterocycles. The molecule has 0 radical (unpaired) electrons. The highest BCUT2D eigenvalue weighted by molar-refractivity contribution is 5.32. The van der Waals surface area contributed by atoms with E-state index in [9.17, 15) is 0 Å². The summed E-state index contributed by atoms with van der Waals surface area (Å²) >= 11 is 0. The minimum absolute atomic E-state index is 0.466. The number of aryl methyl sites for hydroxylation is 1. The Hall–Kier alpha value is -1.16. The van der Waals surface area contributed by atoms with E-state index in [1.165, 1.54) is 0 Å². The smallest absolute Gasteiger partial charge is 0.225 e. The van der Waals surface area contributed by atoms with Crippen LogP contribution in [0.2, 0.25) is 0 Å². The van der Waals surface area contributed by atoms with Crippen molar-refractivity contribution in [1.29, 1.82) is 0 Å². The third-order valence-electron chi connectivity index (χ3n) is 2.56. The van der Waals surface area contributed by atoms with Crippen LogP contribution in [0, 0.1) is 18.8 Å². The van der Waals surface area contributed by atoms with Crippen LogP contribution in [0.5, 0.6) is 0 Å². The minimum atomic E-state index is 0.466. The number of rotatable bonds is 6. The Bertz CT molecular complexity index is 364. The molecule has 4 nitrogen and oxygen atoms in total. The van der Waals surface area contributed by atoms with Crippen molar-refractivity contribution >= 4 is 5.95 Å². The molecule has 0 atom stereocenters.